The number of aryl methyl sites for hydroxylation is 1. The maximum atomic E-state index is 4.60. The first-order valence-corrected chi connectivity index (χ1v) is 6.77. The lowest BCUT2D eigenvalue weighted by atomic mass is 9.99. The highest BCUT2D eigenvalue weighted by atomic mass is 15.1. The van der Waals surface area contributed by atoms with Crippen molar-refractivity contribution >= 4 is 11.6 Å². The summed E-state index contributed by atoms with van der Waals surface area (Å²) in [5.41, 5.74) is 1.14. The van der Waals surface area contributed by atoms with E-state index in [1.165, 1.54) is 0 Å². The molecule has 0 amide bonds. The van der Waals surface area contributed by atoms with Crippen LogP contribution in [-0.4, -0.2) is 22.6 Å². The van der Waals surface area contributed by atoms with E-state index < -0.39 is 0 Å². The highest BCUT2D eigenvalue weighted by Gasteiger charge is 2.19. The summed E-state index contributed by atoms with van der Waals surface area (Å²) >= 11 is 0. The fourth-order valence-electron chi connectivity index (χ4n) is 2.09. The smallest absolute Gasteiger partial charge is 0.135 e. The topological polar surface area (TPSA) is 49.8 Å². The van der Waals surface area contributed by atoms with E-state index in [2.05, 4.69) is 55.2 Å². The largest absolute Gasteiger partial charge is 0.373 e. The number of hydrogen-bond donors (Lipinski definition) is 2. The molecule has 4 nitrogen and oxygen atoms in total. The molecule has 1 aromatic rings. The van der Waals surface area contributed by atoms with Gasteiger partial charge in [0.2, 0.25) is 0 Å². The molecule has 2 N–H and O–H groups in total. The van der Waals surface area contributed by atoms with Gasteiger partial charge >= 0.3 is 0 Å². The van der Waals surface area contributed by atoms with Crippen molar-refractivity contribution in [1.82, 2.24) is 9.97 Å². The Balaban J connectivity index is 3.07. The lowest BCUT2D eigenvalue weighted by Gasteiger charge is -2.28. The van der Waals surface area contributed by atoms with E-state index >= 15 is 0 Å². The van der Waals surface area contributed by atoms with Crippen molar-refractivity contribution in [3.63, 3.8) is 0 Å². The molecular weight excluding hydrogens is 224 g/mol. The summed E-state index contributed by atoms with van der Waals surface area (Å²) in [7, 11) is 1.90. The Labute approximate surface area is 111 Å². The minimum absolute atomic E-state index is 0.0594. The maximum Gasteiger partial charge on any atom is 0.135 e. The predicted molar refractivity (Wildman–Crippen MR) is 78.3 cm³/mol. The first kappa shape index (κ1) is 14.7. The molecule has 0 spiro atoms. The fourth-order valence-corrected chi connectivity index (χ4v) is 2.09. The molecule has 1 rings (SSSR count). The standard InChI is InChI=1S/C14H26N4/c1-7-9-14(4,5)18-13-10(3)12(15-6)16-11(8-2)17-13/h7-9H2,1-6H3,(H2,15,16,17,18). The van der Waals surface area contributed by atoms with E-state index in [0.29, 0.717) is 0 Å². The monoisotopic (exact) mass is 250 g/mol. The molecule has 4 heteroatoms. The molecule has 0 saturated carbocycles. The van der Waals surface area contributed by atoms with Gasteiger partial charge in [-0.1, -0.05) is 20.3 Å². The van der Waals surface area contributed by atoms with Gasteiger partial charge in [-0.3, -0.25) is 0 Å². The van der Waals surface area contributed by atoms with Gasteiger partial charge in [0.15, 0.2) is 0 Å². The minimum Gasteiger partial charge on any atom is -0.373 e. The van der Waals surface area contributed by atoms with Crippen LogP contribution in [0.5, 0.6) is 0 Å². The molecule has 0 aliphatic carbocycles. The molecule has 0 saturated heterocycles. The van der Waals surface area contributed by atoms with Gasteiger partial charge in [0.1, 0.15) is 17.5 Å². The van der Waals surface area contributed by atoms with E-state index in [4.69, 9.17) is 0 Å². The number of hydrogen-bond acceptors (Lipinski definition) is 4. The van der Waals surface area contributed by atoms with Crippen LogP contribution in [0.15, 0.2) is 0 Å². The fraction of sp³-hybridized carbons (Fsp3) is 0.714. The summed E-state index contributed by atoms with van der Waals surface area (Å²) in [5, 5.41) is 6.68. The van der Waals surface area contributed by atoms with Gasteiger partial charge in [-0.15, -0.1) is 0 Å². The van der Waals surface area contributed by atoms with E-state index in [1.807, 2.05) is 7.05 Å². The molecule has 0 aromatic carbocycles. The molecule has 102 valence electrons. The van der Waals surface area contributed by atoms with Crippen molar-refractivity contribution in [2.24, 2.45) is 0 Å². The van der Waals surface area contributed by atoms with E-state index in [-0.39, 0.29) is 5.54 Å². The molecule has 18 heavy (non-hydrogen) atoms. The molecule has 0 aliphatic heterocycles. The average Bonchev–Trinajstić information content (AvgIpc) is 2.31. The summed E-state index contributed by atoms with van der Waals surface area (Å²) in [6, 6.07) is 0. The van der Waals surface area contributed by atoms with Gasteiger partial charge in [-0.25, -0.2) is 9.97 Å². The number of rotatable bonds is 6. The molecule has 1 aromatic heterocycles. The number of nitrogens with zero attached hydrogens (tertiary/aromatic N) is 2. The Kier molecular flexibility index (Phi) is 4.93. The normalized spacial score (nSPS) is 11.4. The second-order valence-electron chi connectivity index (χ2n) is 5.32. The predicted octanol–water partition coefficient (Wildman–Crippen LogP) is 3.38. The lowest BCUT2D eigenvalue weighted by molar-refractivity contribution is 0.508. The maximum absolute atomic E-state index is 4.60. The van der Waals surface area contributed by atoms with Crippen molar-refractivity contribution in [1.29, 1.82) is 0 Å². The lowest BCUT2D eigenvalue weighted by Crippen LogP contribution is -2.31. The van der Waals surface area contributed by atoms with Crippen molar-refractivity contribution in [2.75, 3.05) is 17.7 Å². The second kappa shape index (κ2) is 6.03. The Morgan fingerprint density at radius 2 is 1.72 bits per heavy atom. The van der Waals surface area contributed by atoms with Crippen LogP contribution in [-0.2, 0) is 6.42 Å². The van der Waals surface area contributed by atoms with Gasteiger partial charge in [0.25, 0.3) is 0 Å². The first-order chi connectivity index (χ1) is 8.43. The molecule has 0 bridgehead atoms. The van der Waals surface area contributed by atoms with Crippen LogP contribution in [0.25, 0.3) is 0 Å². The molecule has 0 fully saturated rings. The van der Waals surface area contributed by atoms with E-state index in [1.54, 1.807) is 0 Å². The summed E-state index contributed by atoms with van der Waals surface area (Å²) in [6.07, 6.45) is 3.12. The molecule has 0 unspecified atom stereocenters. The van der Waals surface area contributed by atoms with Crippen molar-refractivity contribution < 1.29 is 0 Å². The molecule has 0 atom stereocenters. The Bertz CT molecular complexity index is 399. The average molecular weight is 250 g/mol. The zero-order chi connectivity index (χ0) is 13.8. The third kappa shape index (κ3) is 3.59. The van der Waals surface area contributed by atoms with Crippen LogP contribution in [0, 0.1) is 6.92 Å². The zero-order valence-corrected chi connectivity index (χ0v) is 12.5. The quantitative estimate of drug-likeness (QED) is 0.812. The van der Waals surface area contributed by atoms with Crippen LogP contribution in [0.3, 0.4) is 0 Å². The van der Waals surface area contributed by atoms with E-state index in [9.17, 15) is 0 Å². The summed E-state index contributed by atoms with van der Waals surface area (Å²) in [6.45, 7) is 10.7. The molecule has 0 aliphatic rings. The van der Waals surface area contributed by atoms with Crippen molar-refractivity contribution in [3.8, 4) is 0 Å². The molecule has 0 radical (unpaired) electrons. The zero-order valence-electron chi connectivity index (χ0n) is 12.5. The Morgan fingerprint density at radius 3 is 2.22 bits per heavy atom. The van der Waals surface area contributed by atoms with Gasteiger partial charge < -0.3 is 10.6 Å². The third-order valence-electron chi connectivity index (χ3n) is 3.08. The molecule has 1 heterocycles. The highest BCUT2D eigenvalue weighted by molar-refractivity contribution is 5.57. The number of anilines is 2. The number of nitrogens with one attached hydrogen (secondary N) is 2. The SMILES string of the molecule is CCCC(C)(C)Nc1nc(CC)nc(NC)c1C. The second-order valence-corrected chi connectivity index (χ2v) is 5.32. The van der Waals surface area contributed by atoms with Crippen molar-refractivity contribution in [3.05, 3.63) is 11.4 Å². The third-order valence-corrected chi connectivity index (χ3v) is 3.08. The Hall–Kier alpha value is -1.32. The summed E-state index contributed by atoms with van der Waals surface area (Å²) in [5.74, 6) is 2.74. The Morgan fingerprint density at radius 1 is 1.11 bits per heavy atom. The summed E-state index contributed by atoms with van der Waals surface area (Å²) < 4.78 is 0. The van der Waals surface area contributed by atoms with E-state index in [0.717, 1.165) is 42.3 Å². The van der Waals surface area contributed by atoms with Crippen LogP contribution >= 0.6 is 0 Å². The van der Waals surface area contributed by atoms with Crippen LogP contribution in [0.4, 0.5) is 11.6 Å². The van der Waals surface area contributed by atoms with Crippen molar-refractivity contribution in [2.45, 2.75) is 59.4 Å². The van der Waals surface area contributed by atoms with Gasteiger partial charge in [-0.2, -0.15) is 0 Å². The highest BCUT2D eigenvalue weighted by Crippen LogP contribution is 2.24. The van der Waals surface area contributed by atoms with Gasteiger partial charge in [0.05, 0.1) is 0 Å². The first-order valence-electron chi connectivity index (χ1n) is 6.77. The number of aromatic nitrogens is 2. The van der Waals surface area contributed by atoms with Crippen LogP contribution < -0.4 is 10.6 Å². The van der Waals surface area contributed by atoms with Gasteiger partial charge in [0, 0.05) is 24.6 Å². The van der Waals surface area contributed by atoms with Crippen LogP contribution in [0.1, 0.15) is 51.9 Å². The van der Waals surface area contributed by atoms with Gasteiger partial charge in [-0.05, 0) is 27.2 Å². The summed E-state index contributed by atoms with van der Waals surface area (Å²) in [4.78, 5) is 9.09. The molecular formula is C14H26N4. The minimum atomic E-state index is 0.0594. The van der Waals surface area contributed by atoms with Crippen LogP contribution in [0.2, 0.25) is 0 Å².